The van der Waals surface area contributed by atoms with Gasteiger partial charge in [-0.2, -0.15) is 0 Å². The van der Waals surface area contributed by atoms with Crippen molar-refractivity contribution in [3.05, 3.63) is 52.6 Å². The van der Waals surface area contributed by atoms with Crippen LogP contribution in [0.1, 0.15) is 74.6 Å². The molecule has 0 unspecified atom stereocenters. The Morgan fingerprint density at radius 3 is 2.03 bits per heavy atom. The topological polar surface area (TPSA) is 41.5 Å². The summed E-state index contributed by atoms with van der Waals surface area (Å²) >= 11 is 0. The van der Waals surface area contributed by atoms with Crippen LogP contribution in [0.4, 0.5) is 0 Å². The maximum absolute atomic E-state index is 13.1. The van der Waals surface area contributed by atoms with Gasteiger partial charge in [-0.05, 0) is 62.4 Å². The second-order valence-corrected chi connectivity index (χ2v) is 9.04. The molecule has 0 saturated heterocycles. The van der Waals surface area contributed by atoms with Crippen molar-refractivity contribution < 1.29 is 14.6 Å². The fourth-order valence-electron chi connectivity index (χ4n) is 3.55. The van der Waals surface area contributed by atoms with E-state index >= 15 is 0 Å². The molecule has 0 radical (unpaired) electrons. The number of unbranched alkanes of at least 4 members (excludes halogenated alkanes) is 4. The monoisotopic (exact) mass is 427 g/mol. The van der Waals surface area contributed by atoms with Crippen LogP contribution in [-0.4, -0.2) is 18.7 Å². The fraction of sp³-hybridized carbons (Fsp3) is 0.500. The lowest BCUT2D eigenvalue weighted by molar-refractivity contribution is -0.207. The summed E-state index contributed by atoms with van der Waals surface area (Å²) in [5, 5.41) is 14.0. The highest BCUT2D eigenvalue weighted by atomic mass is 31.1. The van der Waals surface area contributed by atoms with Gasteiger partial charge < -0.3 is 14.6 Å². The molecule has 3 nitrogen and oxygen atoms in total. The molecule has 0 heterocycles. The molecule has 0 bridgehead atoms. The van der Waals surface area contributed by atoms with Gasteiger partial charge in [0.2, 0.25) is 0 Å². The van der Waals surface area contributed by atoms with E-state index in [2.05, 4.69) is 32.9 Å². The molecule has 0 aliphatic rings. The predicted octanol–water partition coefficient (Wildman–Crippen LogP) is 5.86. The van der Waals surface area contributed by atoms with Crippen molar-refractivity contribution in [3.8, 4) is 11.5 Å². The highest BCUT2D eigenvalue weighted by molar-refractivity contribution is 7.49. The lowest BCUT2D eigenvalue weighted by atomic mass is 10.0. The zero-order valence-corrected chi connectivity index (χ0v) is 20.1. The van der Waals surface area contributed by atoms with Gasteiger partial charge in [0, 0.05) is 11.4 Å². The number of rotatable bonds is 12. The Balaban J connectivity index is 2.28. The van der Waals surface area contributed by atoms with Crippen LogP contribution in [0.15, 0.2) is 30.3 Å². The highest BCUT2D eigenvalue weighted by Crippen LogP contribution is 2.25. The van der Waals surface area contributed by atoms with Crippen molar-refractivity contribution in [1.29, 1.82) is 0 Å². The van der Waals surface area contributed by atoms with Crippen molar-refractivity contribution in [2.75, 3.05) is 13.2 Å². The van der Waals surface area contributed by atoms with Crippen molar-refractivity contribution in [2.45, 2.75) is 73.1 Å². The van der Waals surface area contributed by atoms with E-state index in [0.29, 0.717) is 21.4 Å². The molecule has 0 fully saturated rings. The molecule has 30 heavy (non-hydrogen) atoms. The van der Waals surface area contributed by atoms with Gasteiger partial charge in [-0.25, -0.2) is 0 Å². The Morgan fingerprint density at radius 1 is 0.833 bits per heavy atom. The molecule has 0 aromatic heterocycles. The lowest BCUT2D eigenvalue weighted by Crippen LogP contribution is -2.21. The molecule has 2 aromatic carbocycles. The van der Waals surface area contributed by atoms with Gasteiger partial charge >= 0.3 is 0 Å². The molecule has 0 spiro atoms. The van der Waals surface area contributed by atoms with Crippen molar-refractivity contribution in [3.63, 3.8) is 0 Å². The molecule has 0 N–H and O–H groups in total. The second kappa shape index (κ2) is 12.8. The van der Waals surface area contributed by atoms with E-state index in [1.807, 2.05) is 32.0 Å². The number of aryl methyl sites for hydroxylation is 3. The smallest absolute Gasteiger partial charge is 0.134 e. The number of hydrogen-bond donors (Lipinski definition) is 0. The SMILES string of the molecule is CCCCCOc1ccc(P=C([O-])c2c(C)cc(C)cc2C)c(OCCCCC)c1. The molecular formula is C26H36O3P-. The average Bonchev–Trinajstić information content (AvgIpc) is 2.69. The quantitative estimate of drug-likeness (QED) is 0.315. The van der Waals surface area contributed by atoms with Crippen molar-refractivity contribution >= 4 is 19.0 Å². The Hall–Kier alpha value is -1.83. The molecule has 0 aliphatic heterocycles. The second-order valence-electron chi connectivity index (χ2n) is 7.93. The van der Waals surface area contributed by atoms with E-state index in [1.165, 1.54) is 18.4 Å². The summed E-state index contributed by atoms with van der Waals surface area (Å²) in [5.41, 5.74) is 4.18. The number of ether oxygens (including phenoxy) is 2. The average molecular weight is 428 g/mol. The van der Waals surface area contributed by atoms with Crippen LogP contribution >= 0.6 is 8.20 Å². The van der Waals surface area contributed by atoms with E-state index < -0.39 is 0 Å². The van der Waals surface area contributed by atoms with Gasteiger partial charge in [-0.3, -0.25) is 0 Å². The first kappa shape index (κ1) is 24.4. The molecule has 2 rings (SSSR count). The predicted molar refractivity (Wildman–Crippen MR) is 128 cm³/mol. The first-order valence-corrected chi connectivity index (χ1v) is 12.1. The van der Waals surface area contributed by atoms with Crippen LogP contribution < -0.4 is 19.9 Å². The molecule has 0 saturated carbocycles. The van der Waals surface area contributed by atoms with Gasteiger partial charge in [0.1, 0.15) is 11.5 Å². The normalized spacial score (nSPS) is 11.6. The minimum absolute atomic E-state index is 0.111. The first-order valence-electron chi connectivity index (χ1n) is 11.2. The summed E-state index contributed by atoms with van der Waals surface area (Å²) in [6.07, 6.45) is 6.69. The zero-order valence-electron chi connectivity index (χ0n) is 19.2. The molecule has 2 aromatic rings. The van der Waals surface area contributed by atoms with Crippen molar-refractivity contribution in [1.82, 2.24) is 0 Å². The third-order valence-electron chi connectivity index (χ3n) is 5.07. The third kappa shape index (κ3) is 7.45. The maximum atomic E-state index is 13.1. The molecule has 0 aliphatic carbocycles. The lowest BCUT2D eigenvalue weighted by Gasteiger charge is -2.20. The minimum Gasteiger partial charge on any atom is -0.823 e. The molecule has 4 heteroatoms. The molecular weight excluding hydrogens is 391 g/mol. The summed E-state index contributed by atoms with van der Waals surface area (Å²) in [4.78, 5) is 0. The summed E-state index contributed by atoms with van der Waals surface area (Å²) < 4.78 is 12.0. The molecule has 0 atom stereocenters. The van der Waals surface area contributed by atoms with Gasteiger partial charge in [-0.15, -0.1) is 5.48 Å². The summed E-state index contributed by atoms with van der Waals surface area (Å²) in [5.74, 6) is 1.57. The minimum atomic E-state index is 0.111. The van der Waals surface area contributed by atoms with E-state index in [0.717, 1.165) is 59.2 Å². The summed E-state index contributed by atoms with van der Waals surface area (Å²) in [6, 6.07) is 10.0. The van der Waals surface area contributed by atoms with Gasteiger partial charge in [0.15, 0.2) is 0 Å². The van der Waals surface area contributed by atoms with Crippen molar-refractivity contribution in [2.24, 2.45) is 0 Å². The third-order valence-corrected chi connectivity index (χ3v) is 6.10. The molecule has 164 valence electrons. The van der Waals surface area contributed by atoms with Gasteiger partial charge in [0.25, 0.3) is 0 Å². The van der Waals surface area contributed by atoms with E-state index in [9.17, 15) is 5.11 Å². The van der Waals surface area contributed by atoms with Crippen LogP contribution in [0.5, 0.6) is 11.5 Å². The summed E-state index contributed by atoms with van der Waals surface area (Å²) in [6.45, 7) is 11.8. The Morgan fingerprint density at radius 2 is 1.43 bits per heavy atom. The first-order chi connectivity index (χ1) is 14.5. The van der Waals surface area contributed by atoms with Crippen LogP contribution in [0, 0.1) is 20.8 Å². The standard InChI is InChI=1S/C26H37O3P/c1-6-8-10-14-28-22-12-13-24(23(18-22)29-15-11-9-7-2)30-26(27)25-20(4)16-19(3)17-21(25)5/h12-13,16-18,27H,6-11,14-15H2,1-5H3/p-1. The van der Waals surface area contributed by atoms with E-state index in [1.54, 1.807) is 0 Å². The fourth-order valence-corrected chi connectivity index (χ4v) is 4.62. The Bertz CT molecular complexity index is 819. The van der Waals surface area contributed by atoms with E-state index in [-0.39, 0.29) is 5.48 Å². The maximum Gasteiger partial charge on any atom is 0.134 e. The van der Waals surface area contributed by atoms with Gasteiger partial charge in [0.05, 0.1) is 13.2 Å². The van der Waals surface area contributed by atoms with Crippen LogP contribution in [0.2, 0.25) is 0 Å². The van der Waals surface area contributed by atoms with Gasteiger partial charge in [-0.1, -0.05) is 65.4 Å². The number of hydrogen-bond acceptors (Lipinski definition) is 3. The summed E-state index contributed by atoms with van der Waals surface area (Å²) in [7, 11) is 0.639. The van der Waals surface area contributed by atoms with Crippen LogP contribution in [0.25, 0.3) is 0 Å². The Labute approximate surface area is 184 Å². The molecule has 0 amide bonds. The zero-order chi connectivity index (χ0) is 21.9. The highest BCUT2D eigenvalue weighted by Gasteiger charge is 2.08. The van der Waals surface area contributed by atoms with Crippen LogP contribution in [0.3, 0.4) is 0 Å². The van der Waals surface area contributed by atoms with Crippen LogP contribution in [-0.2, 0) is 0 Å². The van der Waals surface area contributed by atoms with E-state index in [4.69, 9.17) is 9.47 Å². The Kier molecular flexibility index (Phi) is 10.4. The largest absolute Gasteiger partial charge is 0.823 e. The number of benzene rings is 2.